The van der Waals surface area contributed by atoms with Gasteiger partial charge in [-0.15, -0.1) is 0 Å². The molecule has 3 aromatic rings. The summed E-state index contributed by atoms with van der Waals surface area (Å²) in [6, 6.07) is 12.5. The number of pyridine rings is 1. The first-order chi connectivity index (χ1) is 15.0. The number of carbonyl (C=O) groups is 1. The number of nitrogens with one attached hydrogen (secondary N) is 1. The third-order valence-electron chi connectivity index (χ3n) is 6.17. The van der Waals surface area contributed by atoms with Gasteiger partial charge < -0.3 is 9.88 Å². The molecule has 0 bridgehead atoms. The summed E-state index contributed by atoms with van der Waals surface area (Å²) in [4.78, 5) is 24.4. The van der Waals surface area contributed by atoms with E-state index in [1.165, 1.54) is 5.56 Å². The summed E-state index contributed by atoms with van der Waals surface area (Å²) < 4.78 is 2.22. The van der Waals surface area contributed by atoms with Crippen LogP contribution in [0, 0.1) is 5.92 Å². The number of nitrogens with zero attached hydrogens (tertiary/aromatic N) is 4. The van der Waals surface area contributed by atoms with Crippen LogP contribution in [-0.4, -0.2) is 44.5 Å². The molecule has 1 amide bonds. The van der Waals surface area contributed by atoms with E-state index < -0.39 is 0 Å². The molecule has 164 valence electrons. The Morgan fingerprint density at radius 2 is 1.90 bits per heavy atom. The van der Waals surface area contributed by atoms with Gasteiger partial charge in [0.25, 0.3) is 0 Å². The van der Waals surface area contributed by atoms with Crippen molar-refractivity contribution in [1.29, 1.82) is 0 Å². The molecular weight excluding hydrogens is 386 g/mol. The molecule has 0 unspecified atom stereocenters. The Labute approximate surface area is 184 Å². The highest BCUT2D eigenvalue weighted by Gasteiger charge is 2.24. The molecule has 1 saturated heterocycles. The van der Waals surface area contributed by atoms with Gasteiger partial charge >= 0.3 is 0 Å². The Hall–Kier alpha value is -2.73. The maximum atomic E-state index is 13.0. The third-order valence-corrected chi connectivity index (χ3v) is 6.17. The highest BCUT2D eigenvalue weighted by molar-refractivity contribution is 5.79. The van der Waals surface area contributed by atoms with Crippen molar-refractivity contribution in [3.05, 3.63) is 60.2 Å². The zero-order valence-corrected chi connectivity index (χ0v) is 18.8. The SMILES string of the molecule is CC(C)c1nc2ccccc2n1C[C@@H](C)C(=O)NC1CCN(Cc2cccnc2)CC1. The standard InChI is InChI=1S/C25H33N5O/c1-18(2)24-28-22-8-4-5-9-23(22)30(24)16-19(3)25(31)27-21-10-13-29(14-11-21)17-20-7-6-12-26-15-20/h4-9,12,15,18-19,21H,10-11,13-14,16-17H2,1-3H3,(H,27,31)/t19-/m1/s1. The van der Waals surface area contributed by atoms with Crippen LogP contribution in [0.1, 0.15) is 50.9 Å². The second-order valence-electron chi connectivity index (χ2n) is 9.05. The Kier molecular flexibility index (Phi) is 6.66. The zero-order chi connectivity index (χ0) is 21.8. The highest BCUT2D eigenvalue weighted by atomic mass is 16.1. The van der Waals surface area contributed by atoms with Crippen molar-refractivity contribution in [2.24, 2.45) is 5.92 Å². The molecule has 1 fully saturated rings. The number of carbonyl (C=O) groups excluding carboxylic acids is 1. The molecule has 0 aliphatic carbocycles. The number of fused-ring (bicyclic) bond motifs is 1. The van der Waals surface area contributed by atoms with Crippen LogP contribution in [0.25, 0.3) is 11.0 Å². The van der Waals surface area contributed by atoms with E-state index >= 15 is 0 Å². The third kappa shape index (κ3) is 5.13. The minimum atomic E-state index is -0.108. The van der Waals surface area contributed by atoms with Crippen molar-refractivity contribution in [2.75, 3.05) is 13.1 Å². The molecule has 0 saturated carbocycles. The monoisotopic (exact) mass is 419 g/mol. The van der Waals surface area contributed by atoms with Crippen LogP contribution in [0.4, 0.5) is 0 Å². The number of likely N-dealkylation sites (tertiary alicyclic amines) is 1. The van der Waals surface area contributed by atoms with Crippen molar-refractivity contribution in [1.82, 2.24) is 24.8 Å². The lowest BCUT2D eigenvalue weighted by Gasteiger charge is -2.33. The van der Waals surface area contributed by atoms with Gasteiger partial charge in [-0.3, -0.25) is 14.7 Å². The molecule has 0 spiro atoms. The Morgan fingerprint density at radius 1 is 1.13 bits per heavy atom. The number of aromatic nitrogens is 3. The van der Waals surface area contributed by atoms with Gasteiger partial charge in [0.05, 0.1) is 17.0 Å². The number of hydrogen-bond donors (Lipinski definition) is 1. The smallest absolute Gasteiger partial charge is 0.224 e. The van der Waals surface area contributed by atoms with Gasteiger partial charge in [0.15, 0.2) is 0 Å². The Balaban J connectivity index is 1.33. The van der Waals surface area contributed by atoms with Crippen molar-refractivity contribution in [3.8, 4) is 0 Å². The van der Waals surface area contributed by atoms with Gasteiger partial charge in [-0.05, 0) is 36.6 Å². The molecular formula is C25H33N5O. The Morgan fingerprint density at radius 3 is 2.61 bits per heavy atom. The van der Waals surface area contributed by atoms with E-state index in [0.29, 0.717) is 12.5 Å². The predicted molar refractivity (Wildman–Crippen MR) is 124 cm³/mol. The van der Waals surface area contributed by atoms with E-state index in [1.807, 2.05) is 43.6 Å². The molecule has 1 N–H and O–H groups in total. The number of benzene rings is 1. The number of amides is 1. The van der Waals surface area contributed by atoms with Crippen LogP contribution in [0.15, 0.2) is 48.8 Å². The van der Waals surface area contributed by atoms with Crippen LogP contribution < -0.4 is 5.32 Å². The second kappa shape index (κ2) is 9.60. The molecule has 1 aromatic carbocycles. The normalized spacial score (nSPS) is 16.6. The minimum Gasteiger partial charge on any atom is -0.353 e. The van der Waals surface area contributed by atoms with E-state index in [9.17, 15) is 4.79 Å². The van der Waals surface area contributed by atoms with Gasteiger partial charge in [-0.1, -0.05) is 39.0 Å². The summed E-state index contributed by atoms with van der Waals surface area (Å²) in [7, 11) is 0. The molecule has 6 heteroatoms. The number of rotatable bonds is 7. The van der Waals surface area contributed by atoms with Crippen LogP contribution in [0.2, 0.25) is 0 Å². The average molecular weight is 420 g/mol. The summed E-state index contributed by atoms with van der Waals surface area (Å²) in [6.45, 7) is 9.90. The maximum Gasteiger partial charge on any atom is 0.224 e. The van der Waals surface area contributed by atoms with Crippen molar-refractivity contribution < 1.29 is 4.79 Å². The van der Waals surface area contributed by atoms with E-state index in [4.69, 9.17) is 4.98 Å². The average Bonchev–Trinajstić information content (AvgIpc) is 3.14. The summed E-state index contributed by atoms with van der Waals surface area (Å²) in [5.41, 5.74) is 3.35. The molecule has 1 aliphatic rings. The zero-order valence-electron chi connectivity index (χ0n) is 18.8. The van der Waals surface area contributed by atoms with Crippen molar-refractivity contribution in [3.63, 3.8) is 0 Å². The summed E-state index contributed by atoms with van der Waals surface area (Å²) in [5, 5.41) is 3.30. The van der Waals surface area contributed by atoms with E-state index in [1.54, 1.807) is 0 Å². The maximum absolute atomic E-state index is 13.0. The number of imidazole rings is 1. The largest absolute Gasteiger partial charge is 0.353 e. The van der Waals surface area contributed by atoms with Crippen molar-refractivity contribution >= 4 is 16.9 Å². The fraction of sp³-hybridized carbons (Fsp3) is 0.480. The van der Waals surface area contributed by atoms with Crippen LogP contribution in [0.3, 0.4) is 0 Å². The molecule has 1 atom stereocenters. The minimum absolute atomic E-state index is 0.108. The van der Waals surface area contributed by atoms with Gasteiger partial charge in [-0.25, -0.2) is 4.98 Å². The lowest BCUT2D eigenvalue weighted by Crippen LogP contribution is -2.46. The summed E-state index contributed by atoms with van der Waals surface area (Å²) in [5.74, 6) is 1.39. The first-order valence-corrected chi connectivity index (χ1v) is 11.4. The molecule has 1 aliphatic heterocycles. The number of piperidine rings is 1. The quantitative estimate of drug-likeness (QED) is 0.629. The van der Waals surface area contributed by atoms with Crippen LogP contribution >= 0.6 is 0 Å². The molecule has 6 nitrogen and oxygen atoms in total. The molecule has 4 rings (SSSR count). The van der Waals surface area contributed by atoms with Crippen LogP contribution in [-0.2, 0) is 17.9 Å². The first kappa shape index (κ1) is 21.5. The topological polar surface area (TPSA) is 63.1 Å². The highest BCUT2D eigenvalue weighted by Crippen LogP contribution is 2.23. The molecule has 0 radical (unpaired) electrons. The Bertz CT molecular complexity index is 1010. The predicted octanol–water partition coefficient (Wildman–Crippen LogP) is 3.97. The van der Waals surface area contributed by atoms with Gasteiger partial charge in [0.2, 0.25) is 5.91 Å². The lowest BCUT2D eigenvalue weighted by molar-refractivity contribution is -0.125. The van der Waals surface area contributed by atoms with Crippen LogP contribution in [0.5, 0.6) is 0 Å². The summed E-state index contributed by atoms with van der Waals surface area (Å²) in [6.07, 6.45) is 5.72. The van der Waals surface area contributed by atoms with Gasteiger partial charge in [0, 0.05) is 50.5 Å². The van der Waals surface area contributed by atoms with Gasteiger partial charge in [-0.2, -0.15) is 0 Å². The fourth-order valence-electron chi connectivity index (χ4n) is 4.41. The number of hydrogen-bond acceptors (Lipinski definition) is 4. The molecule has 2 aromatic heterocycles. The number of para-hydroxylation sites is 2. The fourth-order valence-corrected chi connectivity index (χ4v) is 4.41. The second-order valence-corrected chi connectivity index (χ2v) is 9.05. The van der Waals surface area contributed by atoms with Gasteiger partial charge in [0.1, 0.15) is 5.82 Å². The molecule has 31 heavy (non-hydrogen) atoms. The summed E-state index contributed by atoms with van der Waals surface area (Å²) >= 11 is 0. The first-order valence-electron chi connectivity index (χ1n) is 11.4. The molecule has 3 heterocycles. The van der Waals surface area contributed by atoms with Crippen molar-refractivity contribution in [2.45, 2.75) is 58.7 Å². The van der Waals surface area contributed by atoms with E-state index in [-0.39, 0.29) is 17.9 Å². The van der Waals surface area contributed by atoms with E-state index in [0.717, 1.165) is 49.3 Å². The van der Waals surface area contributed by atoms with E-state index in [2.05, 4.69) is 45.7 Å². The lowest BCUT2D eigenvalue weighted by atomic mass is 10.0.